The van der Waals surface area contributed by atoms with E-state index >= 15 is 0 Å². The van der Waals surface area contributed by atoms with Gasteiger partial charge >= 0.3 is 0 Å². The number of ether oxygens (including phenoxy) is 1. The van der Waals surface area contributed by atoms with Crippen LogP contribution in [0.2, 0.25) is 0 Å². The number of nitrogens with zero attached hydrogens (tertiary/aromatic N) is 2. The van der Waals surface area contributed by atoms with E-state index < -0.39 is 0 Å². The van der Waals surface area contributed by atoms with Crippen molar-refractivity contribution in [3.8, 4) is 5.75 Å². The maximum Gasteiger partial charge on any atom is 0.220 e. The second-order valence-corrected chi connectivity index (χ2v) is 8.09. The maximum atomic E-state index is 12.4. The van der Waals surface area contributed by atoms with Crippen LogP contribution in [0, 0.1) is 0 Å². The van der Waals surface area contributed by atoms with Crippen molar-refractivity contribution in [3.63, 3.8) is 0 Å². The average molecular weight is 388 g/mol. The Balaban J connectivity index is 1.41. The van der Waals surface area contributed by atoms with E-state index in [1.807, 2.05) is 0 Å². The van der Waals surface area contributed by atoms with Gasteiger partial charge in [0.05, 0.1) is 7.11 Å². The van der Waals surface area contributed by atoms with Crippen LogP contribution >= 0.6 is 0 Å². The van der Waals surface area contributed by atoms with Gasteiger partial charge in [0.15, 0.2) is 5.78 Å². The lowest BCUT2D eigenvalue weighted by Gasteiger charge is -2.41. The second-order valence-electron chi connectivity index (χ2n) is 8.09. The molecule has 1 aromatic carbocycles. The lowest BCUT2D eigenvalue weighted by Crippen LogP contribution is -2.53. The van der Waals surface area contributed by atoms with Gasteiger partial charge in [-0.25, -0.2) is 0 Å². The molecule has 0 aromatic heterocycles. The summed E-state index contributed by atoms with van der Waals surface area (Å²) in [5, 5.41) is 3.16. The lowest BCUT2D eigenvalue weighted by atomic mass is 9.98. The van der Waals surface area contributed by atoms with Crippen LogP contribution in [-0.2, 0) is 4.79 Å². The Hall–Kier alpha value is -1.92. The van der Waals surface area contributed by atoms with Crippen LogP contribution < -0.4 is 10.1 Å². The van der Waals surface area contributed by atoms with E-state index in [9.17, 15) is 9.59 Å². The summed E-state index contributed by atoms with van der Waals surface area (Å²) in [6, 6.07) is 7.89. The highest BCUT2D eigenvalue weighted by Crippen LogP contribution is 2.21. The number of amides is 1. The van der Waals surface area contributed by atoms with E-state index in [0.717, 1.165) is 44.8 Å². The molecular weight excluding hydrogens is 354 g/mol. The summed E-state index contributed by atoms with van der Waals surface area (Å²) < 4.78 is 5.11. The molecule has 6 nitrogen and oxygen atoms in total. The van der Waals surface area contributed by atoms with Crippen molar-refractivity contribution < 1.29 is 14.3 Å². The molecule has 1 N–H and O–H groups in total. The SMILES string of the molecule is COc1ccc(C(=O)CCC(=O)NC2CCCN(C3CCN(C)CC3)C2)cc1. The Morgan fingerprint density at radius 3 is 2.46 bits per heavy atom. The van der Waals surface area contributed by atoms with Gasteiger partial charge in [-0.1, -0.05) is 0 Å². The van der Waals surface area contributed by atoms with Crippen molar-refractivity contribution in [1.82, 2.24) is 15.1 Å². The molecule has 0 spiro atoms. The molecule has 28 heavy (non-hydrogen) atoms. The van der Waals surface area contributed by atoms with Gasteiger partial charge in [-0.2, -0.15) is 0 Å². The van der Waals surface area contributed by atoms with Crippen molar-refractivity contribution >= 4 is 11.7 Å². The highest BCUT2D eigenvalue weighted by Gasteiger charge is 2.28. The van der Waals surface area contributed by atoms with E-state index in [4.69, 9.17) is 4.74 Å². The molecule has 2 saturated heterocycles. The van der Waals surface area contributed by atoms with Gasteiger partial charge in [-0.15, -0.1) is 0 Å². The van der Waals surface area contributed by atoms with E-state index in [1.54, 1.807) is 31.4 Å². The maximum absolute atomic E-state index is 12.4. The van der Waals surface area contributed by atoms with Crippen LogP contribution in [0.1, 0.15) is 48.9 Å². The first-order valence-electron chi connectivity index (χ1n) is 10.4. The first kappa shape index (κ1) is 20.8. The Bertz CT molecular complexity index is 653. The predicted octanol–water partition coefficient (Wildman–Crippen LogP) is 2.33. The number of piperidine rings is 2. The highest BCUT2D eigenvalue weighted by molar-refractivity contribution is 5.98. The number of rotatable bonds is 7. The predicted molar refractivity (Wildman–Crippen MR) is 110 cm³/mol. The molecule has 0 aliphatic carbocycles. The number of Topliss-reactive ketones (excluding diaryl/α,β-unsaturated/α-hetero) is 1. The van der Waals surface area contributed by atoms with Gasteiger partial charge in [-0.3, -0.25) is 14.5 Å². The smallest absolute Gasteiger partial charge is 0.220 e. The lowest BCUT2D eigenvalue weighted by molar-refractivity contribution is -0.122. The van der Waals surface area contributed by atoms with Gasteiger partial charge in [0.1, 0.15) is 5.75 Å². The van der Waals surface area contributed by atoms with E-state index in [2.05, 4.69) is 22.2 Å². The largest absolute Gasteiger partial charge is 0.497 e. The van der Waals surface area contributed by atoms with Crippen LogP contribution in [0.3, 0.4) is 0 Å². The van der Waals surface area contributed by atoms with Gasteiger partial charge < -0.3 is 15.0 Å². The van der Waals surface area contributed by atoms with Crippen molar-refractivity contribution in [1.29, 1.82) is 0 Å². The zero-order valence-electron chi connectivity index (χ0n) is 17.2. The molecule has 0 saturated carbocycles. The molecule has 3 rings (SSSR count). The molecule has 6 heteroatoms. The summed E-state index contributed by atoms with van der Waals surface area (Å²) in [5.74, 6) is 0.701. The Kier molecular flexibility index (Phi) is 7.45. The molecule has 2 aliphatic heterocycles. The summed E-state index contributed by atoms with van der Waals surface area (Å²) in [5.41, 5.74) is 0.625. The molecule has 2 aliphatic rings. The Morgan fingerprint density at radius 2 is 1.79 bits per heavy atom. The molecule has 1 amide bonds. The van der Waals surface area contributed by atoms with Crippen molar-refractivity contribution in [2.24, 2.45) is 0 Å². The first-order valence-corrected chi connectivity index (χ1v) is 10.4. The monoisotopic (exact) mass is 387 g/mol. The fraction of sp³-hybridized carbons (Fsp3) is 0.636. The number of hydrogen-bond donors (Lipinski definition) is 1. The minimum atomic E-state index is -0.0166. The first-order chi connectivity index (χ1) is 13.5. The normalized spacial score (nSPS) is 22.0. The quantitative estimate of drug-likeness (QED) is 0.728. The van der Waals surface area contributed by atoms with Gasteiger partial charge in [0.25, 0.3) is 0 Å². The number of hydrogen-bond acceptors (Lipinski definition) is 5. The second kappa shape index (κ2) is 10.0. The fourth-order valence-corrected chi connectivity index (χ4v) is 4.26. The Morgan fingerprint density at radius 1 is 1.07 bits per heavy atom. The molecule has 1 unspecified atom stereocenters. The van der Waals surface area contributed by atoms with E-state index in [0.29, 0.717) is 11.6 Å². The average Bonchev–Trinajstić information content (AvgIpc) is 2.73. The molecule has 1 aromatic rings. The topological polar surface area (TPSA) is 61.9 Å². The molecule has 1 atom stereocenters. The number of ketones is 1. The third-order valence-electron chi connectivity index (χ3n) is 6.01. The third-order valence-corrected chi connectivity index (χ3v) is 6.01. The zero-order chi connectivity index (χ0) is 19.9. The summed E-state index contributed by atoms with van der Waals surface area (Å²) in [6.07, 6.45) is 5.07. The van der Waals surface area contributed by atoms with Gasteiger partial charge in [0.2, 0.25) is 5.91 Å². The Labute approximate surface area is 168 Å². The third kappa shape index (κ3) is 5.79. The number of benzene rings is 1. The molecule has 2 heterocycles. The van der Waals surface area contributed by atoms with Crippen molar-refractivity contribution in [2.45, 2.75) is 50.6 Å². The molecule has 154 valence electrons. The number of methoxy groups -OCH3 is 1. The standard InChI is InChI=1S/C22H33N3O3/c1-24-14-11-19(12-15-24)25-13-3-4-18(16-25)23-22(27)10-9-21(26)17-5-7-20(28-2)8-6-17/h5-8,18-19H,3-4,9-16H2,1-2H3,(H,23,27). The van der Waals surface area contributed by atoms with Crippen molar-refractivity contribution in [2.75, 3.05) is 40.3 Å². The van der Waals surface area contributed by atoms with Gasteiger partial charge in [0, 0.05) is 37.0 Å². The highest BCUT2D eigenvalue weighted by atomic mass is 16.5. The number of carbonyl (C=O) groups excluding carboxylic acids is 2. The number of likely N-dealkylation sites (tertiary alicyclic amines) is 2. The number of carbonyl (C=O) groups is 2. The summed E-state index contributed by atoms with van der Waals surface area (Å²) in [7, 11) is 3.78. The van der Waals surface area contributed by atoms with Crippen LogP contribution in [0.25, 0.3) is 0 Å². The van der Waals surface area contributed by atoms with E-state index in [-0.39, 0.29) is 30.6 Å². The molecule has 0 radical (unpaired) electrons. The minimum absolute atomic E-state index is 0.00519. The molecule has 2 fully saturated rings. The van der Waals surface area contributed by atoms with Crippen molar-refractivity contribution in [3.05, 3.63) is 29.8 Å². The van der Waals surface area contributed by atoms with Crippen LogP contribution in [0.5, 0.6) is 5.75 Å². The summed E-state index contributed by atoms with van der Waals surface area (Å²) in [6.45, 7) is 4.39. The van der Waals surface area contributed by atoms with Crippen LogP contribution in [0.4, 0.5) is 0 Å². The minimum Gasteiger partial charge on any atom is -0.497 e. The zero-order valence-corrected chi connectivity index (χ0v) is 17.2. The fourth-order valence-electron chi connectivity index (χ4n) is 4.26. The van der Waals surface area contributed by atoms with Gasteiger partial charge in [-0.05, 0) is 76.6 Å². The van der Waals surface area contributed by atoms with Crippen LogP contribution in [0.15, 0.2) is 24.3 Å². The summed E-state index contributed by atoms with van der Waals surface area (Å²) >= 11 is 0. The summed E-state index contributed by atoms with van der Waals surface area (Å²) in [4.78, 5) is 29.6. The van der Waals surface area contributed by atoms with Crippen LogP contribution in [-0.4, -0.2) is 73.9 Å². The number of nitrogens with one attached hydrogen (secondary N) is 1. The molecule has 0 bridgehead atoms. The molecular formula is C22H33N3O3. The van der Waals surface area contributed by atoms with E-state index in [1.165, 1.54) is 12.8 Å².